The topological polar surface area (TPSA) is 26.3 Å². The van der Waals surface area contributed by atoms with Crippen LogP contribution in [-0.2, 0) is 16.0 Å². The lowest BCUT2D eigenvalue weighted by molar-refractivity contribution is -0.138. The fourth-order valence-corrected chi connectivity index (χ4v) is 1.69. The minimum atomic E-state index is -0.692. The smallest absolute Gasteiger partial charge is 0.168 e. The Bertz CT molecular complexity index is 370. The Hall–Kier alpha value is -0.860. The maximum absolute atomic E-state index is 12.0. The lowest BCUT2D eigenvalue weighted by Crippen LogP contribution is -2.37. The van der Waals surface area contributed by atoms with Crippen molar-refractivity contribution < 1.29 is 9.53 Å². The largest absolute Gasteiger partial charge is 0.371 e. The summed E-state index contributed by atoms with van der Waals surface area (Å²) in [6.45, 7) is 3.76. The third-order valence-corrected chi connectivity index (χ3v) is 3.20. The van der Waals surface area contributed by atoms with E-state index in [-0.39, 0.29) is 5.78 Å². The second kappa shape index (κ2) is 5.46. The van der Waals surface area contributed by atoms with Gasteiger partial charge in [0, 0.05) is 18.6 Å². The lowest BCUT2D eigenvalue weighted by atomic mass is 9.92. The van der Waals surface area contributed by atoms with Crippen LogP contribution in [0.4, 0.5) is 0 Å². The highest BCUT2D eigenvalue weighted by Gasteiger charge is 2.30. The van der Waals surface area contributed by atoms with Crippen LogP contribution >= 0.6 is 11.6 Å². The van der Waals surface area contributed by atoms with Crippen LogP contribution in [0, 0.1) is 0 Å². The normalized spacial score (nSPS) is 14.5. The van der Waals surface area contributed by atoms with Gasteiger partial charge in [0.25, 0.3) is 0 Å². The predicted octanol–water partition coefficient (Wildman–Crippen LogP) is 3.27. The molecule has 1 aromatic carbocycles. The fraction of sp³-hybridized carbons (Fsp3) is 0.462. The molecular formula is C13H17ClO2. The Balaban J connectivity index is 2.78. The van der Waals surface area contributed by atoms with Crippen molar-refractivity contribution in [3.63, 3.8) is 0 Å². The Labute approximate surface area is 102 Å². The van der Waals surface area contributed by atoms with Crippen LogP contribution in [0.5, 0.6) is 0 Å². The minimum absolute atomic E-state index is 0.0831. The molecule has 0 radical (unpaired) electrons. The molecule has 0 heterocycles. The summed E-state index contributed by atoms with van der Waals surface area (Å²) in [6, 6.07) is 7.35. The van der Waals surface area contributed by atoms with Crippen molar-refractivity contribution in [2.24, 2.45) is 0 Å². The number of ketones is 1. The molecule has 0 bridgehead atoms. The molecule has 16 heavy (non-hydrogen) atoms. The Morgan fingerprint density at radius 3 is 2.69 bits per heavy atom. The summed E-state index contributed by atoms with van der Waals surface area (Å²) < 4.78 is 5.27. The fourth-order valence-electron chi connectivity index (χ4n) is 1.47. The molecule has 0 aromatic heterocycles. The van der Waals surface area contributed by atoms with Gasteiger partial charge in [0.05, 0.1) is 0 Å². The lowest BCUT2D eigenvalue weighted by Gasteiger charge is -2.24. The second-order valence-electron chi connectivity index (χ2n) is 4.02. The van der Waals surface area contributed by atoms with Gasteiger partial charge in [0.2, 0.25) is 0 Å². The maximum Gasteiger partial charge on any atom is 0.168 e. The molecule has 1 rings (SSSR count). The van der Waals surface area contributed by atoms with Gasteiger partial charge in [0.15, 0.2) is 5.78 Å². The molecule has 0 fully saturated rings. The molecule has 1 atom stereocenters. The van der Waals surface area contributed by atoms with E-state index < -0.39 is 5.60 Å². The molecule has 88 valence electrons. The van der Waals surface area contributed by atoms with E-state index in [0.717, 1.165) is 5.56 Å². The van der Waals surface area contributed by atoms with Gasteiger partial charge in [-0.05, 0) is 31.0 Å². The van der Waals surface area contributed by atoms with Crippen molar-refractivity contribution >= 4 is 17.4 Å². The number of rotatable bonds is 5. The van der Waals surface area contributed by atoms with E-state index in [1.807, 2.05) is 32.0 Å². The molecule has 0 saturated heterocycles. The van der Waals surface area contributed by atoms with Crippen LogP contribution in [0.3, 0.4) is 0 Å². The number of carbonyl (C=O) groups is 1. The number of Topliss-reactive ketones (excluding diaryl/α,β-unsaturated/α-hetero) is 1. The first-order chi connectivity index (χ1) is 7.51. The second-order valence-corrected chi connectivity index (χ2v) is 4.45. The van der Waals surface area contributed by atoms with Crippen molar-refractivity contribution in [2.75, 3.05) is 7.11 Å². The van der Waals surface area contributed by atoms with Crippen LogP contribution in [-0.4, -0.2) is 18.5 Å². The summed E-state index contributed by atoms with van der Waals surface area (Å²) in [4.78, 5) is 12.0. The number of benzene rings is 1. The highest BCUT2D eigenvalue weighted by molar-refractivity contribution is 6.30. The number of carbonyl (C=O) groups excluding carboxylic acids is 1. The van der Waals surface area contributed by atoms with E-state index in [2.05, 4.69) is 0 Å². The summed E-state index contributed by atoms with van der Waals surface area (Å²) in [7, 11) is 1.57. The number of hydrogen-bond donors (Lipinski definition) is 0. The van der Waals surface area contributed by atoms with Gasteiger partial charge in [-0.2, -0.15) is 0 Å². The minimum Gasteiger partial charge on any atom is -0.371 e. The standard InChI is InChI=1S/C13H17ClO2/c1-4-13(2,16-3)12(15)9-10-6-5-7-11(14)8-10/h5-8H,4,9H2,1-3H3. The van der Waals surface area contributed by atoms with Gasteiger partial charge < -0.3 is 4.74 Å². The number of hydrogen-bond acceptors (Lipinski definition) is 2. The molecule has 0 aliphatic carbocycles. The highest BCUT2D eigenvalue weighted by Crippen LogP contribution is 2.19. The average molecular weight is 241 g/mol. The van der Waals surface area contributed by atoms with E-state index in [9.17, 15) is 4.79 Å². The van der Waals surface area contributed by atoms with Gasteiger partial charge >= 0.3 is 0 Å². The SMILES string of the molecule is CCC(C)(OC)C(=O)Cc1cccc(Cl)c1. The first-order valence-electron chi connectivity index (χ1n) is 5.34. The molecule has 0 saturated carbocycles. The van der Waals surface area contributed by atoms with Crippen molar-refractivity contribution in [1.29, 1.82) is 0 Å². The Kier molecular flexibility index (Phi) is 4.51. The van der Waals surface area contributed by atoms with E-state index in [1.165, 1.54) is 0 Å². The van der Waals surface area contributed by atoms with Crippen molar-refractivity contribution in [2.45, 2.75) is 32.3 Å². The molecule has 3 heteroatoms. The molecule has 0 aliphatic heterocycles. The van der Waals surface area contributed by atoms with Crippen LogP contribution in [0.1, 0.15) is 25.8 Å². The number of halogens is 1. The van der Waals surface area contributed by atoms with Crippen LogP contribution in [0.25, 0.3) is 0 Å². The first-order valence-corrected chi connectivity index (χ1v) is 5.72. The van der Waals surface area contributed by atoms with Gasteiger partial charge in [-0.25, -0.2) is 0 Å². The number of methoxy groups -OCH3 is 1. The summed E-state index contributed by atoms with van der Waals surface area (Å²) in [5.41, 5.74) is 0.233. The molecular weight excluding hydrogens is 224 g/mol. The molecule has 0 N–H and O–H groups in total. The monoisotopic (exact) mass is 240 g/mol. The van der Waals surface area contributed by atoms with Crippen LogP contribution < -0.4 is 0 Å². The summed E-state index contributed by atoms with van der Waals surface area (Å²) in [5, 5.41) is 0.654. The molecule has 2 nitrogen and oxygen atoms in total. The molecule has 0 spiro atoms. The van der Waals surface area contributed by atoms with Crippen LogP contribution in [0.2, 0.25) is 5.02 Å². The van der Waals surface area contributed by atoms with E-state index >= 15 is 0 Å². The summed E-state index contributed by atoms with van der Waals surface area (Å²) in [6.07, 6.45) is 1.03. The predicted molar refractivity (Wildman–Crippen MR) is 65.9 cm³/mol. The van der Waals surface area contributed by atoms with Gasteiger partial charge in [0.1, 0.15) is 5.60 Å². The zero-order valence-corrected chi connectivity index (χ0v) is 10.7. The average Bonchev–Trinajstić information content (AvgIpc) is 2.28. The molecule has 1 aromatic rings. The summed E-state index contributed by atoms with van der Waals surface area (Å²) >= 11 is 5.87. The zero-order valence-electron chi connectivity index (χ0n) is 9.92. The molecule has 0 amide bonds. The summed E-state index contributed by atoms with van der Waals surface area (Å²) in [5.74, 6) is 0.0831. The Morgan fingerprint density at radius 2 is 2.19 bits per heavy atom. The van der Waals surface area contributed by atoms with Crippen LogP contribution in [0.15, 0.2) is 24.3 Å². The van der Waals surface area contributed by atoms with Crippen molar-refractivity contribution in [1.82, 2.24) is 0 Å². The van der Waals surface area contributed by atoms with E-state index in [4.69, 9.17) is 16.3 Å². The van der Waals surface area contributed by atoms with E-state index in [0.29, 0.717) is 17.9 Å². The van der Waals surface area contributed by atoms with Gasteiger partial charge in [-0.1, -0.05) is 30.7 Å². The first kappa shape index (κ1) is 13.2. The maximum atomic E-state index is 12.0. The third-order valence-electron chi connectivity index (χ3n) is 2.97. The Morgan fingerprint density at radius 1 is 1.50 bits per heavy atom. The zero-order chi connectivity index (χ0) is 12.2. The molecule has 1 unspecified atom stereocenters. The van der Waals surface area contributed by atoms with Gasteiger partial charge in [-0.3, -0.25) is 4.79 Å². The molecule has 0 aliphatic rings. The van der Waals surface area contributed by atoms with Gasteiger partial charge in [-0.15, -0.1) is 0 Å². The van der Waals surface area contributed by atoms with E-state index in [1.54, 1.807) is 13.2 Å². The number of ether oxygens (including phenoxy) is 1. The quantitative estimate of drug-likeness (QED) is 0.790. The van der Waals surface area contributed by atoms with Crippen molar-refractivity contribution in [3.05, 3.63) is 34.9 Å². The highest BCUT2D eigenvalue weighted by atomic mass is 35.5. The van der Waals surface area contributed by atoms with Crippen molar-refractivity contribution in [3.8, 4) is 0 Å². The third kappa shape index (κ3) is 3.06.